The Morgan fingerprint density at radius 1 is 1.36 bits per heavy atom. The third-order valence-electron chi connectivity index (χ3n) is 3.94. The molecule has 0 aliphatic heterocycles. The Bertz CT molecular complexity index is 454. The van der Waals surface area contributed by atoms with Gasteiger partial charge < -0.3 is 15.4 Å². The zero-order valence-corrected chi connectivity index (χ0v) is 14.7. The fourth-order valence-electron chi connectivity index (χ4n) is 2.89. The highest BCUT2D eigenvalue weighted by Crippen LogP contribution is 2.24. The summed E-state index contributed by atoms with van der Waals surface area (Å²) in [6.07, 6.45) is 4.56. The SMILES string of the molecule is CC(C)(C)OC(=O)NCC1CCCCC1NCc1cccs1. The van der Waals surface area contributed by atoms with Crippen molar-refractivity contribution in [2.24, 2.45) is 5.92 Å². The summed E-state index contributed by atoms with van der Waals surface area (Å²) in [5, 5.41) is 8.71. The molecule has 1 aliphatic rings. The van der Waals surface area contributed by atoms with E-state index in [1.807, 2.05) is 20.8 Å². The minimum absolute atomic E-state index is 0.310. The van der Waals surface area contributed by atoms with Gasteiger partial charge >= 0.3 is 6.09 Å². The second kappa shape index (κ2) is 7.97. The van der Waals surface area contributed by atoms with Crippen LogP contribution in [0.25, 0.3) is 0 Å². The number of hydrogen-bond acceptors (Lipinski definition) is 4. The zero-order chi connectivity index (χ0) is 16.0. The first kappa shape index (κ1) is 17.3. The minimum atomic E-state index is -0.437. The number of alkyl carbamates (subject to hydrolysis) is 1. The van der Waals surface area contributed by atoms with E-state index in [0.717, 1.165) is 13.0 Å². The Morgan fingerprint density at radius 3 is 2.82 bits per heavy atom. The van der Waals surface area contributed by atoms with Crippen LogP contribution in [0.4, 0.5) is 4.79 Å². The van der Waals surface area contributed by atoms with Crippen LogP contribution < -0.4 is 10.6 Å². The van der Waals surface area contributed by atoms with Gasteiger partial charge in [-0.05, 0) is 51.0 Å². The van der Waals surface area contributed by atoms with Crippen molar-refractivity contribution in [1.82, 2.24) is 10.6 Å². The van der Waals surface area contributed by atoms with Crippen molar-refractivity contribution in [3.8, 4) is 0 Å². The lowest BCUT2D eigenvalue weighted by molar-refractivity contribution is 0.0510. The lowest BCUT2D eigenvalue weighted by atomic mass is 9.84. The van der Waals surface area contributed by atoms with Crippen LogP contribution in [0, 0.1) is 5.92 Å². The first-order valence-corrected chi connectivity index (χ1v) is 9.04. The van der Waals surface area contributed by atoms with E-state index in [0.29, 0.717) is 18.5 Å². The number of rotatable bonds is 5. The van der Waals surface area contributed by atoms with Crippen LogP contribution in [0.15, 0.2) is 17.5 Å². The van der Waals surface area contributed by atoms with E-state index < -0.39 is 5.60 Å². The largest absolute Gasteiger partial charge is 0.444 e. The van der Waals surface area contributed by atoms with E-state index in [2.05, 4.69) is 28.1 Å². The predicted molar refractivity (Wildman–Crippen MR) is 91.1 cm³/mol. The molecule has 1 aromatic rings. The van der Waals surface area contributed by atoms with Gasteiger partial charge in [-0.2, -0.15) is 0 Å². The van der Waals surface area contributed by atoms with Gasteiger partial charge in [-0.3, -0.25) is 0 Å². The van der Waals surface area contributed by atoms with Crippen molar-refractivity contribution in [2.45, 2.75) is 64.6 Å². The molecule has 1 fully saturated rings. The first-order chi connectivity index (χ1) is 10.4. The predicted octanol–water partition coefficient (Wildman–Crippen LogP) is 3.92. The molecule has 4 nitrogen and oxygen atoms in total. The van der Waals surface area contributed by atoms with Crippen LogP contribution >= 0.6 is 11.3 Å². The summed E-state index contributed by atoms with van der Waals surface area (Å²) in [6.45, 7) is 7.28. The number of nitrogens with one attached hydrogen (secondary N) is 2. The average Bonchev–Trinajstić information content (AvgIpc) is 2.95. The maximum absolute atomic E-state index is 11.8. The topological polar surface area (TPSA) is 50.4 Å². The summed E-state index contributed by atoms with van der Waals surface area (Å²) in [5.41, 5.74) is -0.437. The number of carbonyl (C=O) groups is 1. The second-order valence-electron chi connectivity index (χ2n) is 6.99. The summed E-state index contributed by atoms with van der Waals surface area (Å²) in [5.74, 6) is 0.487. The van der Waals surface area contributed by atoms with E-state index in [1.165, 1.54) is 24.1 Å². The molecule has 1 aromatic heterocycles. The van der Waals surface area contributed by atoms with Crippen molar-refractivity contribution in [2.75, 3.05) is 6.54 Å². The Balaban J connectivity index is 1.78. The normalized spacial score (nSPS) is 22.3. The number of amides is 1. The maximum atomic E-state index is 11.8. The lowest BCUT2D eigenvalue weighted by Gasteiger charge is -2.32. The monoisotopic (exact) mass is 324 g/mol. The van der Waals surface area contributed by atoms with Crippen molar-refractivity contribution in [3.63, 3.8) is 0 Å². The molecule has 1 heterocycles. The van der Waals surface area contributed by atoms with Crippen LogP contribution in [0.5, 0.6) is 0 Å². The molecule has 0 aromatic carbocycles. The zero-order valence-electron chi connectivity index (χ0n) is 13.9. The fourth-order valence-corrected chi connectivity index (χ4v) is 3.55. The maximum Gasteiger partial charge on any atom is 0.407 e. The molecule has 0 radical (unpaired) electrons. The smallest absolute Gasteiger partial charge is 0.407 e. The molecular weight excluding hydrogens is 296 g/mol. The molecule has 2 rings (SSSR count). The van der Waals surface area contributed by atoms with Crippen molar-refractivity contribution in [3.05, 3.63) is 22.4 Å². The van der Waals surface area contributed by atoms with Crippen LogP contribution in [-0.2, 0) is 11.3 Å². The molecule has 124 valence electrons. The molecule has 1 aliphatic carbocycles. The number of ether oxygens (including phenoxy) is 1. The number of carbonyl (C=O) groups excluding carboxylic acids is 1. The molecular formula is C17H28N2O2S. The Kier molecular flexibility index (Phi) is 6.26. The highest BCUT2D eigenvalue weighted by molar-refractivity contribution is 7.09. The van der Waals surface area contributed by atoms with Crippen molar-refractivity contribution >= 4 is 17.4 Å². The number of hydrogen-bond donors (Lipinski definition) is 2. The minimum Gasteiger partial charge on any atom is -0.444 e. The van der Waals surface area contributed by atoms with Gasteiger partial charge in [0.25, 0.3) is 0 Å². The van der Waals surface area contributed by atoms with E-state index >= 15 is 0 Å². The molecule has 5 heteroatoms. The van der Waals surface area contributed by atoms with E-state index in [4.69, 9.17) is 4.74 Å². The van der Waals surface area contributed by atoms with Gasteiger partial charge in [0.2, 0.25) is 0 Å². The molecule has 0 spiro atoms. The van der Waals surface area contributed by atoms with Gasteiger partial charge in [0.15, 0.2) is 0 Å². The van der Waals surface area contributed by atoms with Gasteiger partial charge in [-0.15, -0.1) is 11.3 Å². The summed E-state index contributed by atoms with van der Waals surface area (Å²) >= 11 is 1.79. The summed E-state index contributed by atoms with van der Waals surface area (Å²) in [7, 11) is 0. The molecule has 0 saturated heterocycles. The Labute approximate surface area is 137 Å². The Hall–Kier alpha value is -1.07. The summed E-state index contributed by atoms with van der Waals surface area (Å²) in [4.78, 5) is 13.2. The van der Waals surface area contributed by atoms with Crippen molar-refractivity contribution < 1.29 is 9.53 Å². The molecule has 2 N–H and O–H groups in total. The van der Waals surface area contributed by atoms with Crippen LogP contribution in [-0.4, -0.2) is 24.3 Å². The van der Waals surface area contributed by atoms with Crippen LogP contribution in [0.1, 0.15) is 51.3 Å². The summed E-state index contributed by atoms with van der Waals surface area (Å²) in [6, 6.07) is 4.73. The van der Waals surface area contributed by atoms with Gasteiger partial charge in [0.1, 0.15) is 5.60 Å². The van der Waals surface area contributed by atoms with E-state index in [1.54, 1.807) is 11.3 Å². The van der Waals surface area contributed by atoms with E-state index in [9.17, 15) is 4.79 Å². The fraction of sp³-hybridized carbons (Fsp3) is 0.706. The number of thiophene rings is 1. The standard InChI is InChI=1S/C17H28N2O2S/c1-17(2,3)21-16(20)19-11-13-7-4-5-9-15(13)18-12-14-8-6-10-22-14/h6,8,10,13,15,18H,4-5,7,9,11-12H2,1-3H3,(H,19,20). The van der Waals surface area contributed by atoms with Crippen LogP contribution in [0.2, 0.25) is 0 Å². The van der Waals surface area contributed by atoms with Gasteiger partial charge in [-0.25, -0.2) is 4.79 Å². The first-order valence-electron chi connectivity index (χ1n) is 8.16. The lowest BCUT2D eigenvalue weighted by Crippen LogP contribution is -2.44. The van der Waals surface area contributed by atoms with Crippen LogP contribution in [0.3, 0.4) is 0 Å². The summed E-state index contributed by atoms with van der Waals surface area (Å²) < 4.78 is 5.31. The van der Waals surface area contributed by atoms with E-state index in [-0.39, 0.29) is 6.09 Å². The van der Waals surface area contributed by atoms with Gasteiger partial charge in [0, 0.05) is 24.0 Å². The highest BCUT2D eigenvalue weighted by Gasteiger charge is 2.26. The van der Waals surface area contributed by atoms with Crippen molar-refractivity contribution in [1.29, 1.82) is 0 Å². The molecule has 2 atom stereocenters. The Morgan fingerprint density at radius 2 is 2.14 bits per heavy atom. The quantitative estimate of drug-likeness (QED) is 0.863. The molecule has 22 heavy (non-hydrogen) atoms. The van der Waals surface area contributed by atoms with Gasteiger partial charge in [0.05, 0.1) is 0 Å². The molecule has 1 saturated carbocycles. The van der Waals surface area contributed by atoms with Gasteiger partial charge in [-0.1, -0.05) is 18.9 Å². The molecule has 0 bridgehead atoms. The second-order valence-corrected chi connectivity index (χ2v) is 8.03. The third-order valence-corrected chi connectivity index (χ3v) is 4.81. The molecule has 1 amide bonds. The molecule has 2 unspecified atom stereocenters. The average molecular weight is 324 g/mol. The highest BCUT2D eigenvalue weighted by atomic mass is 32.1. The third kappa shape index (κ3) is 5.97.